The molecular formula is C12H19NO4. The maximum Gasteiger partial charge on any atom is 0.324 e. The van der Waals surface area contributed by atoms with Crippen molar-refractivity contribution in [2.75, 3.05) is 0 Å². The molecule has 0 radical (unpaired) electrons. The third-order valence-corrected chi connectivity index (χ3v) is 2.98. The Bertz CT molecular complexity index is 321. The number of carbonyl (C=O) groups is 2. The van der Waals surface area contributed by atoms with E-state index < -0.39 is 23.3 Å². The highest BCUT2D eigenvalue weighted by molar-refractivity contribution is 5.86. The van der Waals surface area contributed by atoms with Crippen molar-refractivity contribution in [1.82, 2.24) is 0 Å². The Labute approximate surface area is 101 Å². The van der Waals surface area contributed by atoms with Gasteiger partial charge >= 0.3 is 11.9 Å². The van der Waals surface area contributed by atoms with Gasteiger partial charge in [0.15, 0.2) is 5.41 Å². The number of unbranched alkanes of at least 4 members (excludes halogenated alkanes) is 1. The quantitative estimate of drug-likeness (QED) is 0.679. The van der Waals surface area contributed by atoms with Gasteiger partial charge in [0.05, 0.1) is 12.0 Å². The highest BCUT2D eigenvalue weighted by Crippen LogP contribution is 2.36. The van der Waals surface area contributed by atoms with Gasteiger partial charge in [-0.25, -0.2) is 0 Å². The Kier molecular flexibility index (Phi) is 6.26. The summed E-state index contributed by atoms with van der Waals surface area (Å²) in [5, 5.41) is 27.4. The summed E-state index contributed by atoms with van der Waals surface area (Å²) in [7, 11) is 0. The fourth-order valence-corrected chi connectivity index (χ4v) is 1.94. The van der Waals surface area contributed by atoms with Crippen molar-refractivity contribution < 1.29 is 19.8 Å². The fraction of sp³-hybridized carbons (Fsp3) is 0.750. The summed E-state index contributed by atoms with van der Waals surface area (Å²) in [5.74, 6) is -3.66. The van der Waals surface area contributed by atoms with Gasteiger partial charge in [-0.2, -0.15) is 5.26 Å². The first-order valence-corrected chi connectivity index (χ1v) is 5.83. The Morgan fingerprint density at radius 1 is 1.29 bits per heavy atom. The molecule has 2 N–H and O–H groups in total. The van der Waals surface area contributed by atoms with Crippen molar-refractivity contribution in [3.63, 3.8) is 0 Å². The molecule has 0 aliphatic rings. The molecule has 0 spiro atoms. The second-order valence-electron chi connectivity index (χ2n) is 4.17. The lowest BCUT2D eigenvalue weighted by atomic mass is 9.71. The topological polar surface area (TPSA) is 98.4 Å². The molecule has 0 fully saturated rings. The van der Waals surface area contributed by atoms with Crippen LogP contribution >= 0.6 is 0 Å². The van der Waals surface area contributed by atoms with Crippen LogP contribution in [0.4, 0.5) is 0 Å². The summed E-state index contributed by atoms with van der Waals surface area (Å²) in [4.78, 5) is 22.4. The van der Waals surface area contributed by atoms with E-state index in [-0.39, 0.29) is 12.8 Å². The zero-order valence-electron chi connectivity index (χ0n) is 10.3. The van der Waals surface area contributed by atoms with Crippen LogP contribution in [0, 0.1) is 22.7 Å². The van der Waals surface area contributed by atoms with E-state index in [2.05, 4.69) is 0 Å². The van der Waals surface area contributed by atoms with Crippen LogP contribution in [-0.4, -0.2) is 22.2 Å². The van der Waals surface area contributed by atoms with E-state index in [9.17, 15) is 14.7 Å². The Hall–Kier alpha value is -1.57. The summed E-state index contributed by atoms with van der Waals surface area (Å²) in [6.07, 6.45) is 2.10. The van der Waals surface area contributed by atoms with Crippen molar-refractivity contribution >= 4 is 11.9 Å². The molecule has 0 aliphatic heterocycles. The van der Waals surface area contributed by atoms with E-state index in [1.807, 2.05) is 6.92 Å². The van der Waals surface area contributed by atoms with Crippen LogP contribution in [0.25, 0.3) is 0 Å². The number of rotatable bonds is 8. The van der Waals surface area contributed by atoms with Gasteiger partial charge in [0.2, 0.25) is 0 Å². The molecule has 2 atom stereocenters. The average molecular weight is 241 g/mol. The van der Waals surface area contributed by atoms with E-state index in [1.54, 1.807) is 13.0 Å². The van der Waals surface area contributed by atoms with Gasteiger partial charge in [-0.1, -0.05) is 33.1 Å². The summed E-state index contributed by atoms with van der Waals surface area (Å²) >= 11 is 0. The predicted molar refractivity (Wildman–Crippen MR) is 61.2 cm³/mol. The van der Waals surface area contributed by atoms with Crippen LogP contribution in [0.1, 0.15) is 46.0 Å². The molecule has 0 bridgehead atoms. The van der Waals surface area contributed by atoms with Crippen molar-refractivity contribution in [3.8, 4) is 6.07 Å². The molecular weight excluding hydrogens is 222 g/mol. The molecule has 0 rings (SSSR count). The van der Waals surface area contributed by atoms with E-state index >= 15 is 0 Å². The normalized spacial score (nSPS) is 15.6. The fourth-order valence-electron chi connectivity index (χ4n) is 1.94. The van der Waals surface area contributed by atoms with E-state index in [4.69, 9.17) is 10.4 Å². The molecule has 17 heavy (non-hydrogen) atoms. The summed E-state index contributed by atoms with van der Waals surface area (Å²) in [6, 6.07) is 1.74. The number of aliphatic carboxylic acids is 2. The first-order valence-electron chi connectivity index (χ1n) is 5.83. The summed E-state index contributed by atoms with van der Waals surface area (Å²) in [6.45, 7) is 3.65. The van der Waals surface area contributed by atoms with E-state index in [0.717, 1.165) is 6.42 Å². The van der Waals surface area contributed by atoms with Gasteiger partial charge < -0.3 is 10.2 Å². The summed E-state index contributed by atoms with van der Waals surface area (Å²) < 4.78 is 0. The van der Waals surface area contributed by atoms with Crippen molar-refractivity contribution in [1.29, 1.82) is 5.26 Å². The smallest absolute Gasteiger partial charge is 0.324 e. The maximum atomic E-state index is 11.3. The minimum atomic E-state index is -1.79. The Balaban J connectivity index is 5.31. The van der Waals surface area contributed by atoms with E-state index in [1.165, 1.54) is 0 Å². The number of nitrogens with zero attached hydrogens (tertiary/aromatic N) is 1. The monoisotopic (exact) mass is 241 g/mol. The van der Waals surface area contributed by atoms with Gasteiger partial charge in [0.1, 0.15) is 0 Å². The zero-order chi connectivity index (χ0) is 13.5. The van der Waals surface area contributed by atoms with Gasteiger partial charge in [0.25, 0.3) is 0 Å². The minimum absolute atomic E-state index is 0.0896. The van der Waals surface area contributed by atoms with Crippen molar-refractivity contribution in [3.05, 3.63) is 0 Å². The molecule has 96 valence electrons. The van der Waals surface area contributed by atoms with Crippen LogP contribution < -0.4 is 0 Å². The standard InChI is InChI=1S/C12H19NO4/c1-3-5-7-12(8-13,11(16)17)9(6-4-2)10(14)15/h9H,3-7H2,1-2H3,(H,14,15)(H,16,17). The SMILES string of the molecule is CCCCC(C#N)(C(=O)O)C(CCC)C(=O)O. The minimum Gasteiger partial charge on any atom is -0.481 e. The lowest BCUT2D eigenvalue weighted by molar-refractivity contribution is -0.159. The van der Waals surface area contributed by atoms with Gasteiger partial charge in [-0.3, -0.25) is 9.59 Å². The van der Waals surface area contributed by atoms with Gasteiger partial charge in [-0.15, -0.1) is 0 Å². The number of carboxylic acids is 2. The number of hydrogen-bond donors (Lipinski definition) is 2. The highest BCUT2D eigenvalue weighted by Gasteiger charge is 2.49. The second-order valence-corrected chi connectivity index (χ2v) is 4.17. The van der Waals surface area contributed by atoms with Gasteiger partial charge in [0, 0.05) is 0 Å². The summed E-state index contributed by atoms with van der Waals surface area (Å²) in [5.41, 5.74) is -1.79. The van der Waals surface area contributed by atoms with Gasteiger partial charge in [-0.05, 0) is 12.8 Å². The molecule has 2 unspecified atom stereocenters. The molecule has 0 aliphatic carbocycles. The molecule has 0 aromatic rings. The number of nitriles is 1. The van der Waals surface area contributed by atoms with Crippen molar-refractivity contribution in [2.45, 2.75) is 46.0 Å². The molecule has 0 aromatic heterocycles. The largest absolute Gasteiger partial charge is 0.481 e. The Morgan fingerprint density at radius 3 is 2.18 bits per heavy atom. The van der Waals surface area contributed by atoms with Crippen LogP contribution in [0.5, 0.6) is 0 Å². The highest BCUT2D eigenvalue weighted by atomic mass is 16.4. The number of hydrogen-bond acceptors (Lipinski definition) is 3. The second kappa shape index (κ2) is 6.89. The average Bonchev–Trinajstić information content (AvgIpc) is 2.28. The molecule has 5 heteroatoms. The Morgan fingerprint density at radius 2 is 1.88 bits per heavy atom. The van der Waals surface area contributed by atoms with E-state index in [0.29, 0.717) is 12.8 Å². The third-order valence-electron chi connectivity index (χ3n) is 2.98. The molecule has 0 aromatic carbocycles. The molecule has 0 amide bonds. The lowest BCUT2D eigenvalue weighted by Crippen LogP contribution is -2.41. The van der Waals surface area contributed by atoms with Crippen LogP contribution in [0.3, 0.4) is 0 Å². The molecule has 0 heterocycles. The lowest BCUT2D eigenvalue weighted by Gasteiger charge is -2.28. The molecule has 0 saturated heterocycles. The number of carboxylic acid groups (broad SMARTS) is 2. The van der Waals surface area contributed by atoms with Crippen molar-refractivity contribution in [2.24, 2.45) is 11.3 Å². The predicted octanol–water partition coefficient (Wildman–Crippen LogP) is 2.27. The third kappa shape index (κ3) is 3.45. The first-order chi connectivity index (χ1) is 7.96. The molecule has 5 nitrogen and oxygen atoms in total. The molecule has 0 saturated carbocycles. The van der Waals surface area contributed by atoms with Crippen LogP contribution in [0.15, 0.2) is 0 Å². The maximum absolute atomic E-state index is 11.3. The first kappa shape index (κ1) is 15.4. The van der Waals surface area contributed by atoms with Crippen LogP contribution in [-0.2, 0) is 9.59 Å². The zero-order valence-corrected chi connectivity index (χ0v) is 10.3. The van der Waals surface area contributed by atoms with Crippen LogP contribution in [0.2, 0.25) is 0 Å².